The summed E-state index contributed by atoms with van der Waals surface area (Å²) >= 11 is 0. The van der Waals surface area contributed by atoms with Gasteiger partial charge in [-0.15, -0.1) is 0 Å². The zero-order valence-electron chi connectivity index (χ0n) is 31.9. The molecule has 2 heterocycles. The van der Waals surface area contributed by atoms with Crippen LogP contribution in [0.2, 0.25) is 0 Å². The average Bonchev–Trinajstić information content (AvgIpc) is 3.80. The Morgan fingerprint density at radius 3 is 1.77 bits per heavy atom. The van der Waals surface area contributed by atoms with Crippen LogP contribution in [-0.2, 0) is 5.41 Å². The zero-order valence-corrected chi connectivity index (χ0v) is 31.9. The largest absolute Gasteiger partial charge is 0.455 e. The van der Waals surface area contributed by atoms with Gasteiger partial charge < -0.3 is 13.9 Å². The average molecular weight is 735 g/mol. The number of furan rings is 1. The molecule has 0 amide bonds. The highest BCUT2D eigenvalue weighted by Gasteiger charge is 2.52. The molecule has 0 radical (unpaired) electrons. The minimum Gasteiger partial charge on any atom is -0.455 e. The van der Waals surface area contributed by atoms with Crippen molar-refractivity contribution in [3.63, 3.8) is 0 Å². The topological polar surface area (TPSA) is 21.3 Å². The van der Waals surface area contributed by atoms with E-state index in [0.717, 1.165) is 51.4 Å². The lowest BCUT2D eigenvalue weighted by Crippen LogP contribution is -2.48. The number of para-hydroxylation sites is 2. The number of anilines is 3. The summed E-state index contributed by atoms with van der Waals surface area (Å²) in [6, 6.07) is 60.6. The first-order chi connectivity index (χ1) is 28.2. The highest BCUT2D eigenvalue weighted by molar-refractivity contribution is 6.21. The van der Waals surface area contributed by atoms with Crippen molar-refractivity contribution in [2.75, 3.05) is 4.90 Å². The Kier molecular flexibility index (Phi) is 6.62. The lowest BCUT2D eigenvalue weighted by molar-refractivity contribution is -0.00448. The fraction of sp³-hybridized carbons (Fsp3) is 0.185. The second-order valence-electron chi connectivity index (χ2n) is 17.5. The molecule has 4 saturated carbocycles. The predicted molar refractivity (Wildman–Crippen MR) is 238 cm³/mol. The normalized spacial score (nSPS) is 21.5. The Morgan fingerprint density at radius 1 is 0.491 bits per heavy atom. The highest BCUT2D eigenvalue weighted by Crippen LogP contribution is 2.62. The summed E-state index contributed by atoms with van der Waals surface area (Å²) in [7, 11) is 0. The third kappa shape index (κ3) is 4.60. The highest BCUT2D eigenvalue weighted by atomic mass is 16.3. The van der Waals surface area contributed by atoms with Gasteiger partial charge in [-0.25, -0.2) is 0 Å². The van der Waals surface area contributed by atoms with Crippen LogP contribution in [-0.4, -0.2) is 4.57 Å². The van der Waals surface area contributed by atoms with Crippen molar-refractivity contribution in [1.82, 2.24) is 4.57 Å². The number of aromatic nitrogens is 1. The SMILES string of the molecule is c1ccc2c(N(c3ccc(-n4c5ccccc5c5ccccc54)cc3)c3cc4c(oc5cccc(C67CC8CC(CC(C8)C6)C7)c54)c4ccccc34)cccc2c1. The first kappa shape index (κ1) is 31.8. The molecule has 4 aliphatic rings. The third-order valence-electron chi connectivity index (χ3n) is 14.3. The van der Waals surface area contributed by atoms with Gasteiger partial charge >= 0.3 is 0 Å². The molecule has 10 aromatic rings. The Bertz CT molecular complexity index is 3140. The number of hydrogen-bond acceptors (Lipinski definition) is 2. The van der Waals surface area contributed by atoms with Crippen LogP contribution in [0.3, 0.4) is 0 Å². The summed E-state index contributed by atoms with van der Waals surface area (Å²) in [4.78, 5) is 2.51. The molecule has 3 heteroatoms. The van der Waals surface area contributed by atoms with Crippen molar-refractivity contribution >= 4 is 82.4 Å². The first-order valence-electron chi connectivity index (χ1n) is 20.9. The van der Waals surface area contributed by atoms with Gasteiger partial charge in [-0.05, 0) is 127 Å². The Labute approximate surface area is 331 Å². The number of benzene rings is 8. The molecule has 0 aliphatic heterocycles. The van der Waals surface area contributed by atoms with Gasteiger partial charge in [0.25, 0.3) is 0 Å². The quantitative estimate of drug-likeness (QED) is 0.176. The van der Waals surface area contributed by atoms with Gasteiger partial charge in [0.05, 0.1) is 22.4 Å². The maximum atomic E-state index is 6.99. The number of fused-ring (bicyclic) bond motifs is 9. The van der Waals surface area contributed by atoms with Crippen LogP contribution in [0.5, 0.6) is 0 Å². The molecule has 14 rings (SSSR count). The van der Waals surface area contributed by atoms with Gasteiger partial charge in [-0.2, -0.15) is 0 Å². The van der Waals surface area contributed by atoms with E-state index in [1.54, 1.807) is 0 Å². The molecule has 2 aromatic heterocycles. The first-order valence-corrected chi connectivity index (χ1v) is 20.9. The van der Waals surface area contributed by atoms with Crippen LogP contribution >= 0.6 is 0 Å². The fourth-order valence-electron chi connectivity index (χ4n) is 12.5. The number of rotatable bonds is 5. The lowest BCUT2D eigenvalue weighted by Gasteiger charge is -2.57. The van der Waals surface area contributed by atoms with Crippen LogP contribution in [0.25, 0.3) is 71.0 Å². The Balaban J connectivity index is 1.07. The van der Waals surface area contributed by atoms with Crippen molar-refractivity contribution in [2.24, 2.45) is 17.8 Å². The smallest absolute Gasteiger partial charge is 0.143 e. The van der Waals surface area contributed by atoms with E-state index in [2.05, 4.69) is 173 Å². The molecule has 0 spiro atoms. The van der Waals surface area contributed by atoms with Gasteiger partial charge in [0.2, 0.25) is 0 Å². The van der Waals surface area contributed by atoms with E-state index in [-0.39, 0.29) is 5.41 Å². The summed E-state index contributed by atoms with van der Waals surface area (Å²) in [5.74, 6) is 2.61. The Hall–Kier alpha value is -6.32. The van der Waals surface area contributed by atoms with E-state index in [4.69, 9.17) is 4.42 Å². The molecule has 4 bridgehead atoms. The van der Waals surface area contributed by atoms with Crippen LogP contribution in [0.4, 0.5) is 17.1 Å². The van der Waals surface area contributed by atoms with Crippen molar-refractivity contribution in [2.45, 2.75) is 43.9 Å². The van der Waals surface area contributed by atoms with Crippen molar-refractivity contribution < 1.29 is 4.42 Å². The minimum absolute atomic E-state index is 0.245. The van der Waals surface area contributed by atoms with Crippen molar-refractivity contribution in [3.8, 4) is 5.69 Å². The molecule has 8 aromatic carbocycles. The maximum Gasteiger partial charge on any atom is 0.143 e. The second-order valence-corrected chi connectivity index (χ2v) is 17.5. The molecule has 0 unspecified atom stereocenters. The zero-order chi connectivity index (χ0) is 37.2. The van der Waals surface area contributed by atoms with Gasteiger partial charge in [-0.3, -0.25) is 0 Å². The molecule has 0 atom stereocenters. The molecule has 274 valence electrons. The molecule has 57 heavy (non-hydrogen) atoms. The third-order valence-corrected chi connectivity index (χ3v) is 14.3. The van der Waals surface area contributed by atoms with Crippen molar-refractivity contribution in [3.05, 3.63) is 169 Å². The van der Waals surface area contributed by atoms with E-state index in [1.807, 2.05) is 0 Å². The predicted octanol–water partition coefficient (Wildman–Crippen LogP) is 14.9. The molecule has 3 nitrogen and oxygen atoms in total. The van der Waals surface area contributed by atoms with Gasteiger partial charge in [0, 0.05) is 49.1 Å². The van der Waals surface area contributed by atoms with Gasteiger partial charge in [0.1, 0.15) is 11.2 Å². The fourth-order valence-corrected chi connectivity index (χ4v) is 12.5. The van der Waals surface area contributed by atoms with E-state index < -0.39 is 0 Å². The van der Waals surface area contributed by atoms with E-state index in [0.29, 0.717) is 0 Å². The van der Waals surface area contributed by atoms with E-state index >= 15 is 0 Å². The monoisotopic (exact) mass is 734 g/mol. The maximum absolute atomic E-state index is 6.99. The van der Waals surface area contributed by atoms with Crippen LogP contribution < -0.4 is 4.90 Å². The standard InChI is InChI=1S/C54H42N2O/c1-2-13-40-37(11-1)12-9-21-47(40)56(39-25-23-38(24-26-39)55-48-19-7-5-14-41(48)42-15-6-8-20-49(42)55)50-30-45-52-46(54-31-34-27-35(32-54)29-36(28-34)33-54)18-10-22-51(52)57-53(45)44-17-4-3-16-43(44)50/h1-26,30,34-36H,27-29,31-33H2. The molecule has 0 N–H and O–H groups in total. The lowest BCUT2D eigenvalue weighted by atomic mass is 9.48. The van der Waals surface area contributed by atoms with E-state index in [1.165, 1.54) is 98.5 Å². The summed E-state index contributed by atoms with van der Waals surface area (Å²) in [6.07, 6.45) is 8.28. The van der Waals surface area contributed by atoms with Gasteiger partial charge in [0.15, 0.2) is 0 Å². The summed E-state index contributed by atoms with van der Waals surface area (Å²) in [6.45, 7) is 0. The van der Waals surface area contributed by atoms with Gasteiger partial charge in [-0.1, -0.05) is 109 Å². The van der Waals surface area contributed by atoms with E-state index in [9.17, 15) is 0 Å². The summed E-state index contributed by atoms with van der Waals surface area (Å²) < 4.78 is 9.40. The molecular weight excluding hydrogens is 693 g/mol. The second kappa shape index (κ2) is 11.8. The molecule has 4 fully saturated rings. The summed E-state index contributed by atoms with van der Waals surface area (Å²) in [5, 5.41) is 9.90. The van der Waals surface area contributed by atoms with Crippen LogP contribution in [0, 0.1) is 17.8 Å². The van der Waals surface area contributed by atoms with Crippen LogP contribution in [0.1, 0.15) is 44.1 Å². The van der Waals surface area contributed by atoms with Crippen LogP contribution in [0.15, 0.2) is 168 Å². The molecular formula is C54H42N2O. The Morgan fingerprint density at radius 2 is 1.07 bits per heavy atom. The molecule has 0 saturated heterocycles. The summed E-state index contributed by atoms with van der Waals surface area (Å²) in [5.41, 5.74) is 10.8. The number of nitrogens with zero attached hydrogens (tertiary/aromatic N) is 2. The van der Waals surface area contributed by atoms with Crippen molar-refractivity contribution in [1.29, 1.82) is 0 Å². The molecule has 4 aliphatic carbocycles. The minimum atomic E-state index is 0.245. The number of hydrogen-bond donors (Lipinski definition) is 0.